The molecular weight excluding hydrogens is 430 g/mol. The molecule has 0 bridgehead atoms. The molecule has 2 heterocycles. The van der Waals surface area contributed by atoms with Gasteiger partial charge in [0.1, 0.15) is 0 Å². The minimum absolute atomic E-state index is 0.248. The van der Waals surface area contributed by atoms with E-state index in [-0.39, 0.29) is 4.90 Å². The Balaban J connectivity index is 1.67. The van der Waals surface area contributed by atoms with Crippen LogP contribution in [0.3, 0.4) is 0 Å². The predicted octanol–water partition coefficient (Wildman–Crippen LogP) is 3.66. The highest BCUT2D eigenvalue weighted by atomic mass is 35.5. The highest BCUT2D eigenvalue weighted by Gasteiger charge is 2.26. The number of ether oxygens (including phenoxy) is 1. The largest absolute Gasteiger partial charge is 0.379 e. The van der Waals surface area contributed by atoms with Gasteiger partial charge in [-0.3, -0.25) is 0 Å². The number of hydrogen-bond acceptors (Lipinski definition) is 5. The summed E-state index contributed by atoms with van der Waals surface area (Å²) in [6.45, 7) is 1.58. The van der Waals surface area contributed by atoms with Crippen molar-refractivity contribution in [1.29, 1.82) is 0 Å². The molecule has 4 rings (SSSR count). The molecular formula is C20H20ClN3O3S2. The highest BCUT2D eigenvalue weighted by Crippen LogP contribution is 2.24. The van der Waals surface area contributed by atoms with Crippen LogP contribution in [0.2, 0.25) is 5.02 Å². The number of benzene rings is 2. The van der Waals surface area contributed by atoms with E-state index in [4.69, 9.17) is 16.3 Å². The molecule has 3 aromatic rings. The summed E-state index contributed by atoms with van der Waals surface area (Å²) >= 11 is 7.48. The fraction of sp³-hybridized carbons (Fsp3) is 0.250. The standard InChI is InChI=1S/C20H20ClN3O3S2/c1-23-19(15-5-7-16(21)8-6-15)14-28-20(23)22-17-3-2-4-18(13-17)29(25,26)24-9-11-27-12-10-24/h2-8,13-14H,9-12H2,1H3. The topological polar surface area (TPSA) is 63.9 Å². The van der Waals surface area contributed by atoms with Crippen LogP contribution in [0.5, 0.6) is 0 Å². The Morgan fingerprint density at radius 2 is 1.83 bits per heavy atom. The smallest absolute Gasteiger partial charge is 0.243 e. The van der Waals surface area contributed by atoms with E-state index in [9.17, 15) is 8.42 Å². The lowest BCUT2D eigenvalue weighted by molar-refractivity contribution is 0.0730. The molecule has 0 unspecified atom stereocenters. The van der Waals surface area contributed by atoms with Crippen molar-refractivity contribution in [3.8, 4) is 11.3 Å². The Bertz CT molecular complexity index is 1180. The van der Waals surface area contributed by atoms with Crippen molar-refractivity contribution < 1.29 is 13.2 Å². The third kappa shape index (κ3) is 4.31. The lowest BCUT2D eigenvalue weighted by atomic mass is 10.2. The molecule has 1 fully saturated rings. The van der Waals surface area contributed by atoms with Crippen LogP contribution in [0.4, 0.5) is 5.69 Å². The maximum atomic E-state index is 12.9. The molecule has 152 valence electrons. The second-order valence-corrected chi connectivity index (χ2v) is 9.81. The van der Waals surface area contributed by atoms with Crippen molar-refractivity contribution in [2.24, 2.45) is 12.0 Å². The fourth-order valence-corrected chi connectivity index (χ4v) is 5.61. The van der Waals surface area contributed by atoms with Gasteiger partial charge < -0.3 is 9.30 Å². The zero-order valence-corrected chi connectivity index (χ0v) is 18.2. The van der Waals surface area contributed by atoms with Crippen LogP contribution in [0, 0.1) is 0 Å². The fourth-order valence-electron chi connectivity index (χ4n) is 3.11. The Labute approximate surface area is 178 Å². The first-order valence-corrected chi connectivity index (χ1v) is 11.8. The van der Waals surface area contributed by atoms with Crippen molar-refractivity contribution in [3.63, 3.8) is 0 Å². The van der Waals surface area contributed by atoms with Crippen molar-refractivity contribution in [1.82, 2.24) is 8.87 Å². The van der Waals surface area contributed by atoms with E-state index in [1.54, 1.807) is 24.3 Å². The maximum Gasteiger partial charge on any atom is 0.243 e. The van der Waals surface area contributed by atoms with E-state index >= 15 is 0 Å². The summed E-state index contributed by atoms with van der Waals surface area (Å²) < 4.78 is 34.5. The van der Waals surface area contributed by atoms with Gasteiger partial charge in [0.2, 0.25) is 10.0 Å². The number of halogens is 1. The van der Waals surface area contributed by atoms with E-state index in [1.807, 2.05) is 41.3 Å². The van der Waals surface area contributed by atoms with E-state index in [0.717, 1.165) is 16.1 Å². The van der Waals surface area contributed by atoms with Crippen LogP contribution in [-0.4, -0.2) is 43.6 Å². The molecule has 0 aliphatic carbocycles. The average Bonchev–Trinajstić information content (AvgIpc) is 3.10. The first-order chi connectivity index (χ1) is 13.9. The van der Waals surface area contributed by atoms with Gasteiger partial charge in [-0.05, 0) is 35.9 Å². The van der Waals surface area contributed by atoms with Crippen molar-refractivity contribution in [2.75, 3.05) is 26.3 Å². The number of thiazole rings is 1. The maximum absolute atomic E-state index is 12.9. The summed E-state index contributed by atoms with van der Waals surface area (Å²) in [7, 11) is -1.61. The second-order valence-electron chi connectivity index (χ2n) is 6.60. The predicted molar refractivity (Wildman–Crippen MR) is 115 cm³/mol. The summed E-state index contributed by atoms with van der Waals surface area (Å²) in [5, 5.41) is 2.71. The van der Waals surface area contributed by atoms with E-state index in [1.165, 1.54) is 15.6 Å². The van der Waals surface area contributed by atoms with Gasteiger partial charge in [0, 0.05) is 30.5 Å². The molecule has 1 aliphatic heterocycles. The van der Waals surface area contributed by atoms with Gasteiger partial charge in [0.15, 0.2) is 4.80 Å². The lowest BCUT2D eigenvalue weighted by Crippen LogP contribution is -2.40. The molecule has 0 amide bonds. The summed E-state index contributed by atoms with van der Waals surface area (Å²) in [6.07, 6.45) is 0. The second kappa shape index (κ2) is 8.41. The van der Waals surface area contributed by atoms with Crippen LogP contribution in [-0.2, 0) is 21.8 Å². The number of nitrogens with zero attached hydrogens (tertiary/aromatic N) is 3. The average molecular weight is 450 g/mol. The Kier molecular flexibility index (Phi) is 5.89. The van der Waals surface area contributed by atoms with Gasteiger partial charge in [0.05, 0.1) is 29.5 Å². The summed E-state index contributed by atoms with van der Waals surface area (Å²) in [6, 6.07) is 14.4. The Hall–Kier alpha value is -1.97. The first kappa shape index (κ1) is 20.3. The van der Waals surface area contributed by atoms with Crippen LogP contribution < -0.4 is 4.80 Å². The van der Waals surface area contributed by atoms with E-state index in [0.29, 0.717) is 37.0 Å². The molecule has 6 nitrogen and oxygen atoms in total. The third-order valence-corrected chi connectivity index (χ3v) is 7.78. The molecule has 0 N–H and O–H groups in total. The van der Waals surface area contributed by atoms with Crippen LogP contribution >= 0.6 is 22.9 Å². The molecule has 0 radical (unpaired) electrons. The zero-order chi connectivity index (χ0) is 20.4. The van der Waals surface area contributed by atoms with Crippen molar-refractivity contribution in [2.45, 2.75) is 4.90 Å². The number of sulfonamides is 1. The quantitative estimate of drug-likeness (QED) is 0.610. The molecule has 1 saturated heterocycles. The first-order valence-electron chi connectivity index (χ1n) is 9.08. The minimum atomic E-state index is -3.55. The lowest BCUT2D eigenvalue weighted by Gasteiger charge is -2.26. The monoisotopic (exact) mass is 449 g/mol. The minimum Gasteiger partial charge on any atom is -0.379 e. The summed E-state index contributed by atoms with van der Waals surface area (Å²) in [4.78, 5) is 5.69. The van der Waals surface area contributed by atoms with Crippen LogP contribution in [0.1, 0.15) is 0 Å². The Morgan fingerprint density at radius 3 is 2.55 bits per heavy atom. The molecule has 0 atom stereocenters. The third-order valence-electron chi connectivity index (χ3n) is 4.71. The molecule has 0 spiro atoms. The van der Waals surface area contributed by atoms with Crippen LogP contribution in [0.25, 0.3) is 11.3 Å². The normalized spacial score (nSPS) is 16.3. The number of morpholine rings is 1. The van der Waals surface area contributed by atoms with E-state index < -0.39 is 10.0 Å². The molecule has 1 aliphatic rings. The zero-order valence-electron chi connectivity index (χ0n) is 15.8. The van der Waals surface area contributed by atoms with Gasteiger partial charge in [0.25, 0.3) is 0 Å². The highest BCUT2D eigenvalue weighted by molar-refractivity contribution is 7.89. The number of aromatic nitrogens is 1. The van der Waals surface area contributed by atoms with Gasteiger partial charge >= 0.3 is 0 Å². The summed E-state index contributed by atoms with van der Waals surface area (Å²) in [5.41, 5.74) is 2.65. The number of rotatable bonds is 4. The molecule has 2 aromatic carbocycles. The molecule has 9 heteroatoms. The van der Waals surface area contributed by atoms with Crippen LogP contribution in [0.15, 0.2) is 63.8 Å². The Morgan fingerprint density at radius 1 is 1.10 bits per heavy atom. The van der Waals surface area contributed by atoms with Gasteiger partial charge in [-0.2, -0.15) is 4.31 Å². The summed E-state index contributed by atoms with van der Waals surface area (Å²) in [5.74, 6) is 0. The number of hydrogen-bond donors (Lipinski definition) is 0. The van der Waals surface area contributed by atoms with Gasteiger partial charge in [-0.25, -0.2) is 13.4 Å². The van der Waals surface area contributed by atoms with Crippen molar-refractivity contribution >= 4 is 38.6 Å². The van der Waals surface area contributed by atoms with Gasteiger partial charge in [-0.1, -0.05) is 29.8 Å². The molecule has 0 saturated carbocycles. The molecule has 1 aromatic heterocycles. The van der Waals surface area contributed by atoms with E-state index in [2.05, 4.69) is 4.99 Å². The molecule has 29 heavy (non-hydrogen) atoms. The van der Waals surface area contributed by atoms with Crippen molar-refractivity contribution in [3.05, 3.63) is 63.7 Å². The van der Waals surface area contributed by atoms with Gasteiger partial charge in [-0.15, -0.1) is 11.3 Å². The SMILES string of the molecule is Cn1c(-c2ccc(Cl)cc2)csc1=Nc1cccc(S(=O)(=O)N2CCOCC2)c1.